The molecule has 0 amide bonds. The summed E-state index contributed by atoms with van der Waals surface area (Å²) in [6.07, 6.45) is 1.95. The van der Waals surface area contributed by atoms with E-state index in [1.807, 2.05) is 25.1 Å². The van der Waals surface area contributed by atoms with Gasteiger partial charge in [-0.05, 0) is 61.5 Å². The van der Waals surface area contributed by atoms with Gasteiger partial charge in [0.15, 0.2) is 5.11 Å². The van der Waals surface area contributed by atoms with E-state index in [1.165, 1.54) is 0 Å². The molecule has 0 fully saturated rings. The molecule has 3 nitrogen and oxygen atoms in total. The van der Waals surface area contributed by atoms with Gasteiger partial charge >= 0.3 is 0 Å². The average Bonchev–Trinajstić information content (AvgIpc) is 2.40. The molecule has 0 unspecified atom stereocenters. The first-order valence-corrected chi connectivity index (χ1v) is 8.45. The number of hydrogen-bond donors (Lipinski definition) is 2. The van der Waals surface area contributed by atoms with Gasteiger partial charge in [0.2, 0.25) is 0 Å². The van der Waals surface area contributed by atoms with Crippen molar-refractivity contribution in [2.45, 2.75) is 47.5 Å². The minimum atomic E-state index is 0.482. The van der Waals surface area contributed by atoms with Crippen molar-refractivity contribution in [3.05, 3.63) is 28.8 Å². The van der Waals surface area contributed by atoms with Gasteiger partial charge < -0.3 is 5.32 Å². The lowest BCUT2D eigenvalue weighted by atomic mass is 9.99. The van der Waals surface area contributed by atoms with Crippen LogP contribution in [0.3, 0.4) is 0 Å². The van der Waals surface area contributed by atoms with Gasteiger partial charge in [-0.1, -0.05) is 45.4 Å². The van der Waals surface area contributed by atoms with E-state index < -0.39 is 0 Å². The predicted octanol–water partition coefficient (Wildman–Crippen LogP) is 5.38. The molecule has 0 aliphatic carbocycles. The lowest BCUT2D eigenvalue weighted by Gasteiger charge is -2.14. The number of anilines is 1. The normalized spacial score (nSPS) is 10.7. The zero-order chi connectivity index (χ0) is 16.7. The molecule has 1 rings (SSSR count). The van der Waals surface area contributed by atoms with Crippen LogP contribution in [0.2, 0.25) is 5.02 Å². The van der Waals surface area contributed by atoms with Crippen LogP contribution in [0.5, 0.6) is 0 Å². The molecule has 22 heavy (non-hydrogen) atoms. The maximum absolute atomic E-state index is 6.11. The molecular formula is C17H26ClN3S. The first kappa shape index (κ1) is 18.9. The number of hydrogen-bond acceptors (Lipinski definition) is 2. The largest absolute Gasteiger partial charge is 0.331 e. The lowest BCUT2D eigenvalue weighted by molar-refractivity contribution is 0.631. The number of benzene rings is 1. The summed E-state index contributed by atoms with van der Waals surface area (Å²) in [5.41, 5.74) is 5.98. The zero-order valence-corrected chi connectivity index (χ0v) is 15.6. The molecule has 0 saturated heterocycles. The van der Waals surface area contributed by atoms with Crippen molar-refractivity contribution < 1.29 is 0 Å². The topological polar surface area (TPSA) is 36.4 Å². The summed E-state index contributed by atoms with van der Waals surface area (Å²) in [4.78, 5) is 0. The second kappa shape index (κ2) is 9.11. The Morgan fingerprint density at radius 2 is 1.77 bits per heavy atom. The Hall–Kier alpha value is -1.13. The molecule has 5 heteroatoms. The minimum absolute atomic E-state index is 0.482. The number of thiocarbonyl (C=S) groups is 1. The lowest BCUT2D eigenvalue weighted by Crippen LogP contribution is -2.26. The van der Waals surface area contributed by atoms with Gasteiger partial charge in [0.05, 0.1) is 0 Å². The summed E-state index contributed by atoms with van der Waals surface area (Å²) in [6, 6.07) is 5.70. The Kier molecular flexibility index (Phi) is 7.83. The van der Waals surface area contributed by atoms with Gasteiger partial charge in [0.25, 0.3) is 0 Å². The van der Waals surface area contributed by atoms with E-state index in [-0.39, 0.29) is 0 Å². The third-order valence-electron chi connectivity index (χ3n) is 3.12. The maximum Gasteiger partial charge on any atom is 0.191 e. The first-order chi connectivity index (χ1) is 10.3. The molecular weight excluding hydrogens is 314 g/mol. The molecule has 0 aliphatic rings. The average molecular weight is 340 g/mol. The van der Waals surface area contributed by atoms with Crippen molar-refractivity contribution >= 4 is 40.3 Å². The summed E-state index contributed by atoms with van der Waals surface area (Å²) >= 11 is 11.4. The molecule has 0 spiro atoms. The molecule has 0 atom stereocenters. The fourth-order valence-electron chi connectivity index (χ4n) is 2.14. The van der Waals surface area contributed by atoms with E-state index in [4.69, 9.17) is 23.8 Å². The Balaban J connectivity index is 2.69. The molecule has 0 heterocycles. The van der Waals surface area contributed by atoms with Crippen LogP contribution in [0.25, 0.3) is 0 Å². The highest BCUT2D eigenvalue weighted by molar-refractivity contribution is 7.80. The van der Waals surface area contributed by atoms with Crippen molar-refractivity contribution in [3.63, 3.8) is 0 Å². The van der Waals surface area contributed by atoms with Gasteiger partial charge in [-0.15, -0.1) is 0 Å². The highest BCUT2D eigenvalue weighted by atomic mass is 35.5. The Morgan fingerprint density at radius 3 is 2.32 bits per heavy atom. The number of rotatable bonds is 6. The Bertz CT molecular complexity index is 527. The number of nitrogens with one attached hydrogen (secondary N) is 2. The van der Waals surface area contributed by atoms with Crippen molar-refractivity contribution in [1.29, 1.82) is 0 Å². The van der Waals surface area contributed by atoms with Crippen LogP contribution in [-0.4, -0.2) is 10.8 Å². The van der Waals surface area contributed by atoms with E-state index in [0.717, 1.165) is 34.8 Å². The fraction of sp³-hybridized carbons (Fsp3) is 0.529. The van der Waals surface area contributed by atoms with Crippen LogP contribution in [0.15, 0.2) is 23.3 Å². The van der Waals surface area contributed by atoms with E-state index in [1.54, 1.807) is 0 Å². The molecule has 0 aromatic heterocycles. The van der Waals surface area contributed by atoms with Crippen LogP contribution < -0.4 is 10.7 Å². The monoisotopic (exact) mass is 339 g/mol. The van der Waals surface area contributed by atoms with Crippen LogP contribution in [0, 0.1) is 18.8 Å². The van der Waals surface area contributed by atoms with Crippen molar-refractivity contribution in [1.82, 2.24) is 5.43 Å². The van der Waals surface area contributed by atoms with Crippen molar-refractivity contribution in [2.75, 3.05) is 5.32 Å². The smallest absolute Gasteiger partial charge is 0.191 e. The van der Waals surface area contributed by atoms with Crippen LogP contribution in [-0.2, 0) is 0 Å². The molecule has 0 radical (unpaired) electrons. The highest BCUT2D eigenvalue weighted by Gasteiger charge is 2.07. The molecule has 0 aliphatic heterocycles. The molecule has 2 N–H and O–H groups in total. The molecule has 1 aromatic carbocycles. The molecule has 0 saturated carbocycles. The van der Waals surface area contributed by atoms with Gasteiger partial charge in [-0.25, -0.2) is 0 Å². The summed E-state index contributed by atoms with van der Waals surface area (Å²) in [6.45, 7) is 10.7. The highest BCUT2D eigenvalue weighted by Crippen LogP contribution is 2.22. The summed E-state index contributed by atoms with van der Waals surface area (Å²) < 4.78 is 0. The molecule has 1 aromatic rings. The van der Waals surface area contributed by atoms with E-state index in [2.05, 4.69) is 43.5 Å². The van der Waals surface area contributed by atoms with Gasteiger partial charge in [0, 0.05) is 16.4 Å². The standard InChI is InChI=1S/C17H26ClN3S/c1-11(2)9-14(10-12(3)4)20-21-17(22)19-16-8-6-7-15(18)13(16)5/h6-8,11-12H,9-10H2,1-5H3,(H2,19,21,22). The van der Waals surface area contributed by atoms with Crippen LogP contribution in [0.4, 0.5) is 5.69 Å². The number of hydrazone groups is 1. The third kappa shape index (κ3) is 6.75. The third-order valence-corrected chi connectivity index (χ3v) is 3.72. The SMILES string of the molecule is Cc1c(Cl)cccc1NC(=S)NN=C(CC(C)C)CC(C)C. The summed E-state index contributed by atoms with van der Waals surface area (Å²) in [7, 11) is 0. The fourth-order valence-corrected chi connectivity index (χ4v) is 2.47. The van der Waals surface area contributed by atoms with Gasteiger partial charge in [0.1, 0.15) is 0 Å². The number of nitrogens with zero attached hydrogens (tertiary/aromatic N) is 1. The minimum Gasteiger partial charge on any atom is -0.331 e. The quantitative estimate of drug-likeness (QED) is 0.415. The van der Waals surface area contributed by atoms with Crippen LogP contribution >= 0.6 is 23.8 Å². The second-order valence-corrected chi connectivity index (χ2v) is 7.17. The molecule has 122 valence electrons. The Labute approximate surface area is 144 Å². The second-order valence-electron chi connectivity index (χ2n) is 6.35. The predicted molar refractivity (Wildman–Crippen MR) is 102 cm³/mol. The van der Waals surface area contributed by atoms with Gasteiger partial charge in [-0.3, -0.25) is 5.43 Å². The first-order valence-electron chi connectivity index (χ1n) is 7.67. The number of halogens is 1. The summed E-state index contributed by atoms with van der Waals surface area (Å²) in [5.74, 6) is 1.16. The van der Waals surface area contributed by atoms with Crippen molar-refractivity contribution in [3.8, 4) is 0 Å². The maximum atomic E-state index is 6.11. The van der Waals surface area contributed by atoms with E-state index >= 15 is 0 Å². The van der Waals surface area contributed by atoms with E-state index in [9.17, 15) is 0 Å². The van der Waals surface area contributed by atoms with Crippen molar-refractivity contribution in [2.24, 2.45) is 16.9 Å². The van der Waals surface area contributed by atoms with E-state index in [0.29, 0.717) is 16.9 Å². The summed E-state index contributed by atoms with van der Waals surface area (Å²) in [5, 5.41) is 8.82. The van der Waals surface area contributed by atoms with Gasteiger partial charge in [-0.2, -0.15) is 5.10 Å². The zero-order valence-electron chi connectivity index (χ0n) is 14.0. The molecule has 0 bridgehead atoms. The Morgan fingerprint density at radius 1 is 1.18 bits per heavy atom. The van der Waals surface area contributed by atoms with Crippen LogP contribution in [0.1, 0.15) is 46.1 Å².